The Bertz CT molecular complexity index is 932. The molecule has 1 heterocycles. The standard InChI is InChI=1S/C18H18BrFN2O5/c1-18(2,3)27-17(26)21-9-14-13(19)8-12(16(24)25)15(23)22(14)11-6-4-10(20)5-7-11/h4-8H,9H2,1-3H3,(H,21,26)(H,24,25). The zero-order valence-corrected chi connectivity index (χ0v) is 16.5. The van der Waals surface area contributed by atoms with Crippen molar-refractivity contribution < 1.29 is 23.8 Å². The van der Waals surface area contributed by atoms with Gasteiger partial charge in [-0.1, -0.05) is 0 Å². The van der Waals surface area contributed by atoms with Crippen LogP contribution in [-0.2, 0) is 11.3 Å². The number of nitrogens with one attached hydrogen (secondary N) is 1. The van der Waals surface area contributed by atoms with Crippen molar-refractivity contribution in [2.75, 3.05) is 0 Å². The predicted molar refractivity (Wildman–Crippen MR) is 99.7 cm³/mol. The second kappa shape index (κ2) is 7.91. The molecular weight excluding hydrogens is 423 g/mol. The molecule has 9 heteroatoms. The third-order valence-corrected chi connectivity index (χ3v) is 4.05. The lowest BCUT2D eigenvalue weighted by molar-refractivity contribution is 0.0521. The van der Waals surface area contributed by atoms with Crippen LogP contribution in [0.4, 0.5) is 9.18 Å². The molecule has 1 amide bonds. The van der Waals surface area contributed by atoms with Gasteiger partial charge in [-0.25, -0.2) is 14.0 Å². The summed E-state index contributed by atoms with van der Waals surface area (Å²) in [5, 5.41) is 11.8. The van der Waals surface area contributed by atoms with Crippen LogP contribution in [0.5, 0.6) is 0 Å². The monoisotopic (exact) mass is 440 g/mol. The van der Waals surface area contributed by atoms with Crippen LogP contribution in [0, 0.1) is 5.82 Å². The van der Waals surface area contributed by atoms with Gasteiger partial charge < -0.3 is 15.2 Å². The molecule has 7 nitrogen and oxygen atoms in total. The van der Waals surface area contributed by atoms with Crippen molar-refractivity contribution in [2.24, 2.45) is 0 Å². The molecule has 0 saturated carbocycles. The summed E-state index contributed by atoms with van der Waals surface area (Å²) >= 11 is 3.23. The Morgan fingerprint density at radius 2 is 1.85 bits per heavy atom. The van der Waals surface area contributed by atoms with Crippen molar-refractivity contribution in [3.63, 3.8) is 0 Å². The van der Waals surface area contributed by atoms with Crippen LogP contribution in [0.15, 0.2) is 39.6 Å². The lowest BCUT2D eigenvalue weighted by atomic mass is 10.2. The van der Waals surface area contributed by atoms with E-state index in [4.69, 9.17) is 4.74 Å². The lowest BCUT2D eigenvalue weighted by Crippen LogP contribution is -2.35. The summed E-state index contributed by atoms with van der Waals surface area (Å²) in [6, 6.07) is 6.14. The number of hydrogen-bond donors (Lipinski definition) is 2. The number of carbonyl (C=O) groups is 2. The number of amides is 1. The maximum absolute atomic E-state index is 13.2. The van der Waals surface area contributed by atoms with Gasteiger partial charge in [-0.3, -0.25) is 9.36 Å². The molecular formula is C18H18BrFN2O5. The minimum absolute atomic E-state index is 0.123. The van der Waals surface area contributed by atoms with E-state index in [1.807, 2.05) is 0 Å². The molecule has 0 saturated heterocycles. The molecule has 0 aliphatic carbocycles. The largest absolute Gasteiger partial charge is 0.477 e. The van der Waals surface area contributed by atoms with Gasteiger partial charge in [0.2, 0.25) is 0 Å². The highest BCUT2D eigenvalue weighted by molar-refractivity contribution is 9.10. The summed E-state index contributed by atoms with van der Waals surface area (Å²) in [4.78, 5) is 35.9. The zero-order chi connectivity index (χ0) is 20.4. The van der Waals surface area contributed by atoms with E-state index < -0.39 is 34.6 Å². The first-order chi connectivity index (χ1) is 12.5. The normalized spacial score (nSPS) is 11.1. The number of ether oxygens (including phenoxy) is 1. The van der Waals surface area contributed by atoms with Crippen molar-refractivity contribution in [3.05, 3.63) is 62.2 Å². The zero-order valence-electron chi connectivity index (χ0n) is 14.9. The highest BCUT2D eigenvalue weighted by Gasteiger charge is 2.21. The van der Waals surface area contributed by atoms with Gasteiger partial charge in [0.05, 0.1) is 12.2 Å². The molecule has 0 atom stereocenters. The number of aromatic nitrogens is 1. The maximum atomic E-state index is 13.2. The second-order valence-electron chi connectivity index (χ2n) is 6.63. The van der Waals surface area contributed by atoms with E-state index in [-0.39, 0.29) is 17.9 Å². The number of carbonyl (C=O) groups excluding carboxylic acids is 1. The highest BCUT2D eigenvalue weighted by Crippen LogP contribution is 2.21. The van der Waals surface area contributed by atoms with Gasteiger partial charge >= 0.3 is 12.1 Å². The second-order valence-corrected chi connectivity index (χ2v) is 7.48. The molecule has 0 unspecified atom stereocenters. The Morgan fingerprint density at radius 1 is 1.26 bits per heavy atom. The van der Waals surface area contributed by atoms with Crippen LogP contribution in [-0.4, -0.2) is 27.3 Å². The maximum Gasteiger partial charge on any atom is 0.407 e. The van der Waals surface area contributed by atoms with Crippen LogP contribution >= 0.6 is 15.9 Å². The average Bonchev–Trinajstić information content (AvgIpc) is 2.54. The molecule has 0 bridgehead atoms. The van der Waals surface area contributed by atoms with Gasteiger partial charge in [0.1, 0.15) is 17.0 Å². The van der Waals surface area contributed by atoms with Gasteiger partial charge in [0.25, 0.3) is 5.56 Å². The number of hydrogen-bond acceptors (Lipinski definition) is 4. The van der Waals surface area contributed by atoms with E-state index in [0.29, 0.717) is 4.47 Å². The quantitative estimate of drug-likeness (QED) is 0.758. The molecule has 144 valence electrons. The number of pyridine rings is 1. The molecule has 27 heavy (non-hydrogen) atoms. The van der Waals surface area contributed by atoms with E-state index in [0.717, 1.165) is 22.8 Å². The van der Waals surface area contributed by atoms with E-state index in [2.05, 4.69) is 21.2 Å². The summed E-state index contributed by atoms with van der Waals surface area (Å²) in [6.45, 7) is 5.00. The van der Waals surface area contributed by atoms with Crippen LogP contribution in [0.25, 0.3) is 5.69 Å². The Hall–Kier alpha value is -2.68. The van der Waals surface area contributed by atoms with Crippen molar-refractivity contribution in [2.45, 2.75) is 32.9 Å². The molecule has 0 aliphatic heterocycles. The first-order valence-corrected chi connectivity index (χ1v) is 8.69. The van der Waals surface area contributed by atoms with Gasteiger partial charge in [-0.05, 0) is 67.0 Å². The molecule has 1 aromatic heterocycles. The molecule has 0 fully saturated rings. The Labute approximate surface area is 162 Å². The van der Waals surface area contributed by atoms with Crippen molar-refractivity contribution in [3.8, 4) is 5.69 Å². The number of benzene rings is 1. The molecule has 2 aromatic rings. The summed E-state index contributed by atoms with van der Waals surface area (Å²) in [7, 11) is 0. The van der Waals surface area contributed by atoms with Gasteiger partial charge in [-0.15, -0.1) is 0 Å². The number of carboxylic acid groups (broad SMARTS) is 1. The van der Waals surface area contributed by atoms with Crippen LogP contribution in [0.1, 0.15) is 36.8 Å². The smallest absolute Gasteiger partial charge is 0.407 e. The van der Waals surface area contributed by atoms with Gasteiger partial charge in [0.15, 0.2) is 0 Å². The van der Waals surface area contributed by atoms with Gasteiger partial charge in [-0.2, -0.15) is 0 Å². The van der Waals surface area contributed by atoms with E-state index >= 15 is 0 Å². The minimum Gasteiger partial charge on any atom is -0.477 e. The fourth-order valence-electron chi connectivity index (χ4n) is 2.27. The van der Waals surface area contributed by atoms with Crippen LogP contribution < -0.4 is 10.9 Å². The Kier molecular flexibility index (Phi) is 6.04. The minimum atomic E-state index is -1.40. The number of nitrogens with zero attached hydrogens (tertiary/aromatic N) is 1. The number of carboxylic acids is 1. The van der Waals surface area contributed by atoms with Crippen molar-refractivity contribution in [1.82, 2.24) is 9.88 Å². The third kappa shape index (κ3) is 5.16. The lowest BCUT2D eigenvalue weighted by Gasteiger charge is -2.21. The molecule has 0 spiro atoms. The van der Waals surface area contributed by atoms with Gasteiger partial charge in [0, 0.05) is 10.2 Å². The molecule has 2 N–H and O–H groups in total. The molecule has 2 rings (SSSR count). The summed E-state index contributed by atoms with van der Waals surface area (Å²) < 4.78 is 19.8. The van der Waals surface area contributed by atoms with Crippen LogP contribution in [0.2, 0.25) is 0 Å². The first kappa shape index (κ1) is 20.6. The van der Waals surface area contributed by atoms with E-state index in [1.165, 1.54) is 12.1 Å². The highest BCUT2D eigenvalue weighted by atomic mass is 79.9. The van der Waals surface area contributed by atoms with E-state index in [9.17, 15) is 23.9 Å². The summed E-state index contributed by atoms with van der Waals surface area (Å²) in [5.41, 5.74) is -1.44. The molecule has 0 aliphatic rings. The SMILES string of the molecule is CC(C)(C)OC(=O)NCc1c(Br)cc(C(=O)O)c(=O)n1-c1ccc(F)cc1. The van der Waals surface area contributed by atoms with Crippen LogP contribution in [0.3, 0.4) is 0 Å². The average molecular weight is 441 g/mol. The van der Waals surface area contributed by atoms with Crippen molar-refractivity contribution >= 4 is 28.0 Å². The first-order valence-electron chi connectivity index (χ1n) is 7.90. The molecule has 0 radical (unpaired) electrons. The van der Waals surface area contributed by atoms with E-state index in [1.54, 1.807) is 20.8 Å². The number of halogens is 2. The summed E-state index contributed by atoms with van der Waals surface area (Å²) in [6.07, 6.45) is -0.699. The fraction of sp³-hybridized carbons (Fsp3) is 0.278. The topological polar surface area (TPSA) is 97.6 Å². The number of rotatable bonds is 4. The predicted octanol–water partition coefficient (Wildman–Crippen LogP) is 3.46. The fourth-order valence-corrected chi connectivity index (χ4v) is 2.82. The third-order valence-electron chi connectivity index (χ3n) is 3.36. The summed E-state index contributed by atoms with van der Waals surface area (Å²) in [5.74, 6) is -1.91. The number of alkyl carbamates (subject to hydrolysis) is 1. The Balaban J connectivity index is 2.51. The number of aromatic carboxylic acids is 1. The Morgan fingerprint density at radius 3 is 2.37 bits per heavy atom. The van der Waals surface area contributed by atoms with Crippen molar-refractivity contribution in [1.29, 1.82) is 0 Å². The molecule has 1 aromatic carbocycles.